The zero-order chi connectivity index (χ0) is 24.4. The molecule has 0 aliphatic heterocycles. The summed E-state index contributed by atoms with van der Waals surface area (Å²) in [5.41, 5.74) is 1.48. The van der Waals surface area contributed by atoms with Gasteiger partial charge in [0.1, 0.15) is 17.6 Å². The van der Waals surface area contributed by atoms with Crippen LogP contribution in [0.2, 0.25) is 0 Å². The number of nitrogens with zero attached hydrogens (tertiary/aromatic N) is 2. The van der Waals surface area contributed by atoms with Crippen molar-refractivity contribution in [2.75, 3.05) is 11.6 Å². The topological polar surface area (TPSA) is 86.2 Å². The highest BCUT2D eigenvalue weighted by atomic mass is 32.2. The summed E-state index contributed by atoms with van der Waals surface area (Å²) < 4.78 is 8.36. The molecule has 2 heterocycles. The van der Waals surface area contributed by atoms with E-state index in [1.165, 1.54) is 4.57 Å². The number of benzene rings is 3. The lowest BCUT2D eigenvalue weighted by molar-refractivity contribution is -0.116. The average molecular weight is 486 g/mol. The monoisotopic (exact) mass is 485 g/mol. The van der Waals surface area contributed by atoms with Crippen LogP contribution in [0.25, 0.3) is 22.1 Å². The molecule has 7 nitrogen and oxygen atoms in total. The van der Waals surface area contributed by atoms with Gasteiger partial charge in [-0.15, -0.1) is 11.8 Å². The van der Waals surface area contributed by atoms with E-state index in [4.69, 9.17) is 4.42 Å². The van der Waals surface area contributed by atoms with Gasteiger partial charge in [0.05, 0.1) is 0 Å². The number of hydrogen-bond donors (Lipinski definition) is 1. The molecular weight excluding hydrogens is 462 g/mol. The van der Waals surface area contributed by atoms with Gasteiger partial charge in [0.2, 0.25) is 11.5 Å². The molecule has 0 aliphatic rings. The first-order valence-corrected chi connectivity index (χ1v) is 12.4. The van der Waals surface area contributed by atoms with E-state index in [2.05, 4.69) is 5.32 Å². The molecule has 8 heteroatoms. The van der Waals surface area contributed by atoms with Crippen molar-refractivity contribution in [2.45, 2.75) is 24.4 Å². The van der Waals surface area contributed by atoms with Crippen LogP contribution in [0, 0.1) is 0 Å². The summed E-state index contributed by atoms with van der Waals surface area (Å²) in [5, 5.41) is 3.47. The van der Waals surface area contributed by atoms with E-state index < -0.39 is 11.2 Å². The van der Waals surface area contributed by atoms with E-state index >= 15 is 0 Å². The number of aryl methyl sites for hydroxylation is 1. The minimum Gasteiger partial charge on any atom is -0.449 e. The Balaban J connectivity index is 1.58. The first kappa shape index (κ1) is 22.7. The van der Waals surface area contributed by atoms with E-state index in [1.54, 1.807) is 42.1 Å². The summed E-state index contributed by atoms with van der Waals surface area (Å²) in [4.78, 5) is 40.9. The van der Waals surface area contributed by atoms with Crippen LogP contribution in [0.5, 0.6) is 0 Å². The summed E-state index contributed by atoms with van der Waals surface area (Å²) in [6, 6.07) is 24.2. The van der Waals surface area contributed by atoms with E-state index in [9.17, 15) is 14.4 Å². The van der Waals surface area contributed by atoms with Gasteiger partial charge in [-0.05, 0) is 48.6 Å². The maximum absolute atomic E-state index is 13.6. The average Bonchev–Trinajstić information content (AvgIpc) is 3.27. The molecule has 0 radical (unpaired) electrons. The van der Waals surface area contributed by atoms with Crippen molar-refractivity contribution < 1.29 is 9.21 Å². The normalized spacial score (nSPS) is 11.2. The smallest absolute Gasteiger partial charge is 0.332 e. The maximum atomic E-state index is 13.6. The highest BCUT2D eigenvalue weighted by Gasteiger charge is 2.21. The number of thioether (sulfide) groups is 1. The molecule has 0 aliphatic carbocycles. The van der Waals surface area contributed by atoms with Crippen LogP contribution in [0.4, 0.5) is 5.69 Å². The summed E-state index contributed by atoms with van der Waals surface area (Å²) in [6.45, 7) is -0.0833. The summed E-state index contributed by atoms with van der Waals surface area (Å²) in [6.07, 6.45) is 2.45. The number of anilines is 1. The van der Waals surface area contributed by atoms with Crippen molar-refractivity contribution in [3.8, 4) is 0 Å². The Morgan fingerprint density at radius 2 is 1.71 bits per heavy atom. The Kier molecular flexibility index (Phi) is 6.29. The van der Waals surface area contributed by atoms with Crippen molar-refractivity contribution in [3.05, 3.63) is 105 Å². The predicted molar refractivity (Wildman–Crippen MR) is 139 cm³/mol. The third kappa shape index (κ3) is 4.52. The molecule has 2 aromatic heterocycles. The van der Waals surface area contributed by atoms with Crippen LogP contribution in [0.15, 0.2) is 97.8 Å². The Bertz CT molecular complexity index is 1650. The number of para-hydroxylation sites is 1. The van der Waals surface area contributed by atoms with Crippen LogP contribution in [0.1, 0.15) is 5.56 Å². The van der Waals surface area contributed by atoms with Crippen LogP contribution < -0.4 is 16.6 Å². The van der Waals surface area contributed by atoms with E-state index in [1.807, 2.05) is 54.8 Å². The number of amides is 1. The first-order chi connectivity index (χ1) is 17.0. The zero-order valence-corrected chi connectivity index (χ0v) is 19.9. The number of carbonyl (C=O) groups excluding carboxylic acids is 1. The van der Waals surface area contributed by atoms with Crippen molar-refractivity contribution >= 4 is 45.4 Å². The summed E-state index contributed by atoms with van der Waals surface area (Å²) in [5.74, 6) is -0.370. The lowest BCUT2D eigenvalue weighted by Crippen LogP contribution is -2.41. The second-order valence-electron chi connectivity index (χ2n) is 8.12. The van der Waals surface area contributed by atoms with Gasteiger partial charge in [0.25, 0.3) is 5.56 Å². The summed E-state index contributed by atoms with van der Waals surface area (Å²) >= 11 is 1.57. The molecule has 35 heavy (non-hydrogen) atoms. The Morgan fingerprint density at radius 3 is 2.51 bits per heavy atom. The fraction of sp³-hybridized carbons (Fsp3) is 0.148. The lowest BCUT2D eigenvalue weighted by atomic mass is 10.1. The Labute approximate surface area is 205 Å². The molecule has 0 saturated heterocycles. The van der Waals surface area contributed by atoms with Crippen molar-refractivity contribution in [1.82, 2.24) is 9.13 Å². The fourth-order valence-electron chi connectivity index (χ4n) is 4.17. The number of aromatic nitrogens is 2. The number of carbonyl (C=O) groups is 1. The molecule has 1 amide bonds. The highest BCUT2D eigenvalue weighted by Crippen LogP contribution is 2.26. The van der Waals surface area contributed by atoms with Gasteiger partial charge in [0.15, 0.2) is 0 Å². The second-order valence-corrected chi connectivity index (χ2v) is 9.00. The third-order valence-electron chi connectivity index (χ3n) is 5.86. The predicted octanol–water partition coefficient (Wildman–Crippen LogP) is 4.51. The summed E-state index contributed by atoms with van der Waals surface area (Å²) in [7, 11) is 0. The minimum absolute atomic E-state index is 0.0658. The van der Waals surface area contributed by atoms with Gasteiger partial charge in [-0.25, -0.2) is 4.79 Å². The van der Waals surface area contributed by atoms with Crippen LogP contribution in [0.3, 0.4) is 0 Å². The number of nitrogens with one attached hydrogen (secondary N) is 1. The molecule has 5 rings (SSSR count). The Hall–Kier alpha value is -4.04. The second kappa shape index (κ2) is 9.68. The molecule has 1 N–H and O–H groups in total. The van der Waals surface area contributed by atoms with Crippen molar-refractivity contribution in [1.29, 1.82) is 0 Å². The van der Waals surface area contributed by atoms with E-state index in [0.29, 0.717) is 28.6 Å². The van der Waals surface area contributed by atoms with Crippen LogP contribution in [-0.2, 0) is 24.3 Å². The van der Waals surface area contributed by atoms with Gasteiger partial charge in [-0.1, -0.05) is 48.5 Å². The number of hydrogen-bond acceptors (Lipinski definition) is 5. The molecule has 0 fully saturated rings. The maximum Gasteiger partial charge on any atom is 0.332 e. The van der Waals surface area contributed by atoms with Crippen LogP contribution in [-0.4, -0.2) is 21.3 Å². The van der Waals surface area contributed by atoms with Gasteiger partial charge in [-0.2, -0.15) is 0 Å². The molecule has 176 valence electrons. The van der Waals surface area contributed by atoms with Crippen molar-refractivity contribution in [2.24, 2.45) is 0 Å². The first-order valence-electron chi connectivity index (χ1n) is 11.2. The number of fused-ring (bicyclic) bond motifs is 3. The van der Waals surface area contributed by atoms with Gasteiger partial charge in [-0.3, -0.25) is 18.7 Å². The number of rotatable bonds is 7. The molecule has 0 unspecified atom stereocenters. The lowest BCUT2D eigenvalue weighted by Gasteiger charge is -2.12. The molecule has 0 atom stereocenters. The fourth-order valence-corrected chi connectivity index (χ4v) is 4.63. The van der Waals surface area contributed by atoms with Gasteiger partial charge >= 0.3 is 5.69 Å². The van der Waals surface area contributed by atoms with Gasteiger partial charge in [0, 0.05) is 22.5 Å². The quantitative estimate of drug-likeness (QED) is 0.343. The highest BCUT2D eigenvalue weighted by molar-refractivity contribution is 7.98. The largest absolute Gasteiger partial charge is 0.449 e. The van der Waals surface area contributed by atoms with E-state index in [-0.39, 0.29) is 24.6 Å². The minimum atomic E-state index is -0.544. The molecule has 5 aromatic rings. The van der Waals surface area contributed by atoms with Crippen molar-refractivity contribution in [3.63, 3.8) is 0 Å². The molecule has 0 saturated carbocycles. The van der Waals surface area contributed by atoms with Crippen LogP contribution >= 0.6 is 11.8 Å². The SMILES string of the molecule is CSc1cccc(NC(=O)Cn2c(=O)n(CCc3ccccc3)c(=O)c3oc4ccccc4c32)c1. The standard InChI is InChI=1S/C27H23N3O4S/c1-35-20-11-7-10-19(16-20)28-23(31)17-30-24-21-12-5-6-13-22(21)34-25(24)26(32)29(27(30)33)15-14-18-8-3-2-4-9-18/h2-13,16H,14-15,17H2,1H3,(H,28,31). The molecule has 0 spiro atoms. The number of furan rings is 1. The molecule has 0 bridgehead atoms. The van der Waals surface area contributed by atoms with E-state index in [0.717, 1.165) is 15.0 Å². The van der Waals surface area contributed by atoms with Gasteiger partial charge < -0.3 is 9.73 Å². The molecule has 3 aromatic carbocycles. The zero-order valence-electron chi connectivity index (χ0n) is 19.1. The molecular formula is C27H23N3O4S. The third-order valence-corrected chi connectivity index (χ3v) is 6.59. The Morgan fingerprint density at radius 1 is 0.943 bits per heavy atom.